The van der Waals surface area contributed by atoms with E-state index in [0.717, 1.165) is 52.7 Å². The quantitative estimate of drug-likeness (QED) is 0.149. The van der Waals surface area contributed by atoms with Crippen LogP contribution in [0.1, 0.15) is 21.0 Å². The summed E-state index contributed by atoms with van der Waals surface area (Å²) >= 11 is 13.6. The molecule has 0 saturated heterocycles. The van der Waals surface area contributed by atoms with Crippen LogP contribution in [0.2, 0.25) is 0 Å². The lowest BCUT2D eigenvalue weighted by atomic mass is 10.1. The average Bonchev–Trinajstić information content (AvgIpc) is 3.23. The second-order valence-electron chi connectivity index (χ2n) is 7.94. The number of hydrogen-bond donors (Lipinski definition) is 0. The van der Waals surface area contributed by atoms with Gasteiger partial charge < -0.3 is 4.90 Å². The average molecular weight is 545 g/mol. The van der Waals surface area contributed by atoms with Gasteiger partial charge in [-0.25, -0.2) is 4.98 Å². The Morgan fingerprint density at radius 2 is 1.54 bits per heavy atom. The molecule has 4 rings (SSSR count). The Balaban J connectivity index is 0.00000342. The fourth-order valence-corrected chi connectivity index (χ4v) is 5.16. The number of nitrogens with zero attached hydrogens (tertiary/aromatic N) is 3. The van der Waals surface area contributed by atoms with Crippen molar-refractivity contribution in [2.45, 2.75) is 13.3 Å². The van der Waals surface area contributed by atoms with E-state index in [4.69, 9.17) is 28.2 Å². The number of benzene rings is 3. The standard InChI is InChI=1S/C28H27Cl2N3S.ClH/c1-21-28(32-27(34-21)19-22-5-3-2-4-6-22)24-9-11-25(12-10-24)31-20-23-7-13-26(14-8-23)33(17-15-29)18-16-30;/h2-14,20H,15-19H2,1H3;1H. The number of aromatic nitrogens is 1. The molecule has 0 saturated carbocycles. The van der Waals surface area contributed by atoms with Gasteiger partial charge in [0.15, 0.2) is 0 Å². The molecule has 0 atom stereocenters. The van der Waals surface area contributed by atoms with E-state index in [-0.39, 0.29) is 12.4 Å². The molecule has 1 heterocycles. The van der Waals surface area contributed by atoms with Crippen molar-refractivity contribution in [2.24, 2.45) is 4.99 Å². The summed E-state index contributed by atoms with van der Waals surface area (Å²) in [5, 5.41) is 1.14. The summed E-state index contributed by atoms with van der Waals surface area (Å²) in [7, 11) is 0. The van der Waals surface area contributed by atoms with Gasteiger partial charge in [0, 0.05) is 53.6 Å². The zero-order valence-corrected chi connectivity index (χ0v) is 22.7. The van der Waals surface area contributed by atoms with Crippen LogP contribution >= 0.6 is 46.9 Å². The Bertz CT molecular complexity index is 1200. The normalized spacial score (nSPS) is 10.9. The van der Waals surface area contributed by atoms with Gasteiger partial charge in [-0.2, -0.15) is 0 Å². The first-order valence-electron chi connectivity index (χ1n) is 11.3. The van der Waals surface area contributed by atoms with Gasteiger partial charge in [-0.15, -0.1) is 46.9 Å². The Kier molecular flexibility index (Phi) is 10.6. The van der Waals surface area contributed by atoms with Crippen LogP contribution in [-0.4, -0.2) is 36.0 Å². The summed E-state index contributed by atoms with van der Waals surface area (Å²) in [6, 6.07) is 27.1. The molecular weight excluding hydrogens is 517 g/mol. The molecule has 0 fully saturated rings. The molecule has 35 heavy (non-hydrogen) atoms. The van der Waals surface area contributed by atoms with Gasteiger partial charge in [0.2, 0.25) is 0 Å². The van der Waals surface area contributed by atoms with Gasteiger partial charge in [-0.05, 0) is 42.3 Å². The van der Waals surface area contributed by atoms with Crippen molar-refractivity contribution >= 4 is 64.5 Å². The fraction of sp³-hybridized carbons (Fsp3) is 0.214. The maximum absolute atomic E-state index is 5.91. The van der Waals surface area contributed by atoms with Crippen LogP contribution < -0.4 is 4.90 Å². The third-order valence-corrected chi connectivity index (χ3v) is 6.82. The van der Waals surface area contributed by atoms with Crippen LogP contribution in [0.25, 0.3) is 11.3 Å². The summed E-state index contributed by atoms with van der Waals surface area (Å²) in [6.07, 6.45) is 2.75. The molecule has 0 aliphatic rings. The highest BCUT2D eigenvalue weighted by atomic mass is 35.5. The Hall–Kier alpha value is -2.37. The van der Waals surface area contributed by atoms with E-state index in [9.17, 15) is 0 Å². The molecule has 0 N–H and O–H groups in total. The zero-order chi connectivity index (χ0) is 23.8. The first-order valence-corrected chi connectivity index (χ1v) is 13.2. The monoisotopic (exact) mass is 543 g/mol. The van der Waals surface area contributed by atoms with Crippen LogP contribution in [0, 0.1) is 6.92 Å². The molecule has 182 valence electrons. The van der Waals surface area contributed by atoms with E-state index in [1.54, 1.807) is 11.3 Å². The molecule has 7 heteroatoms. The molecule has 4 aromatic rings. The van der Waals surface area contributed by atoms with Gasteiger partial charge in [-0.1, -0.05) is 54.6 Å². The van der Waals surface area contributed by atoms with Gasteiger partial charge in [-0.3, -0.25) is 4.99 Å². The number of anilines is 1. The lowest BCUT2D eigenvalue weighted by Crippen LogP contribution is -2.27. The molecule has 0 spiro atoms. The van der Waals surface area contributed by atoms with Crippen molar-refractivity contribution in [1.82, 2.24) is 4.98 Å². The number of hydrogen-bond acceptors (Lipinski definition) is 4. The number of thiazole rings is 1. The maximum atomic E-state index is 5.91. The van der Waals surface area contributed by atoms with E-state index in [1.807, 2.05) is 24.4 Å². The molecule has 0 amide bonds. The minimum absolute atomic E-state index is 0. The first-order chi connectivity index (χ1) is 16.7. The molecule has 0 bridgehead atoms. The molecular formula is C28H28Cl3N3S. The van der Waals surface area contributed by atoms with Crippen LogP contribution in [0.15, 0.2) is 83.9 Å². The summed E-state index contributed by atoms with van der Waals surface area (Å²) < 4.78 is 0. The van der Waals surface area contributed by atoms with E-state index >= 15 is 0 Å². The largest absolute Gasteiger partial charge is 0.369 e. The molecule has 0 radical (unpaired) electrons. The molecule has 0 aliphatic carbocycles. The topological polar surface area (TPSA) is 28.5 Å². The highest BCUT2D eigenvalue weighted by Gasteiger charge is 2.10. The molecule has 1 aromatic heterocycles. The Morgan fingerprint density at radius 1 is 0.886 bits per heavy atom. The van der Waals surface area contributed by atoms with Crippen molar-refractivity contribution in [3.05, 3.63) is 99.9 Å². The minimum Gasteiger partial charge on any atom is -0.369 e. The molecule has 3 aromatic carbocycles. The second kappa shape index (κ2) is 13.6. The predicted octanol–water partition coefficient (Wildman–Crippen LogP) is 8.17. The fourth-order valence-electron chi connectivity index (χ4n) is 3.76. The van der Waals surface area contributed by atoms with Crippen LogP contribution in [0.4, 0.5) is 11.4 Å². The summed E-state index contributed by atoms with van der Waals surface area (Å²) in [5.41, 5.74) is 6.54. The summed E-state index contributed by atoms with van der Waals surface area (Å²) in [5.74, 6) is 1.15. The van der Waals surface area contributed by atoms with Crippen molar-refractivity contribution in [2.75, 3.05) is 29.7 Å². The third kappa shape index (κ3) is 7.55. The van der Waals surface area contributed by atoms with Crippen LogP contribution in [0.5, 0.6) is 0 Å². The van der Waals surface area contributed by atoms with E-state index in [2.05, 4.69) is 77.5 Å². The van der Waals surface area contributed by atoms with Crippen molar-refractivity contribution in [3.8, 4) is 11.3 Å². The van der Waals surface area contributed by atoms with Crippen LogP contribution in [0.3, 0.4) is 0 Å². The van der Waals surface area contributed by atoms with Crippen molar-refractivity contribution < 1.29 is 0 Å². The molecule has 3 nitrogen and oxygen atoms in total. The lowest BCUT2D eigenvalue weighted by Gasteiger charge is -2.22. The third-order valence-electron chi connectivity index (χ3n) is 5.51. The number of halogens is 3. The first kappa shape index (κ1) is 27.2. The van der Waals surface area contributed by atoms with Crippen molar-refractivity contribution in [3.63, 3.8) is 0 Å². The molecule has 0 unspecified atom stereocenters. The minimum atomic E-state index is 0. The van der Waals surface area contributed by atoms with Crippen LogP contribution in [-0.2, 0) is 6.42 Å². The van der Waals surface area contributed by atoms with Gasteiger partial charge in [0.05, 0.1) is 16.4 Å². The van der Waals surface area contributed by atoms with E-state index in [1.165, 1.54) is 10.4 Å². The molecule has 0 aliphatic heterocycles. The van der Waals surface area contributed by atoms with Crippen molar-refractivity contribution in [1.29, 1.82) is 0 Å². The number of aryl methyl sites for hydroxylation is 1. The highest BCUT2D eigenvalue weighted by Crippen LogP contribution is 2.30. The van der Waals surface area contributed by atoms with Gasteiger partial charge >= 0.3 is 0 Å². The van der Waals surface area contributed by atoms with Gasteiger partial charge in [0.1, 0.15) is 0 Å². The maximum Gasteiger partial charge on any atom is 0.0979 e. The number of rotatable bonds is 10. The lowest BCUT2D eigenvalue weighted by molar-refractivity contribution is 0.874. The second-order valence-corrected chi connectivity index (χ2v) is 9.98. The van der Waals surface area contributed by atoms with E-state index in [0.29, 0.717) is 11.8 Å². The SMILES string of the molecule is Cc1sc(Cc2ccccc2)nc1-c1ccc(N=Cc2ccc(N(CCCl)CCCl)cc2)cc1.Cl. The zero-order valence-electron chi connectivity index (χ0n) is 19.5. The number of alkyl halides is 2. The number of aliphatic imine (C=N–C) groups is 1. The predicted molar refractivity (Wildman–Crippen MR) is 156 cm³/mol. The highest BCUT2D eigenvalue weighted by molar-refractivity contribution is 7.12. The summed E-state index contributed by atoms with van der Waals surface area (Å²) in [4.78, 5) is 13.0. The Labute approximate surface area is 227 Å². The smallest absolute Gasteiger partial charge is 0.0979 e. The Morgan fingerprint density at radius 3 is 2.17 bits per heavy atom. The van der Waals surface area contributed by atoms with Gasteiger partial charge in [0.25, 0.3) is 0 Å². The summed E-state index contributed by atoms with van der Waals surface area (Å²) in [6.45, 7) is 3.69. The van der Waals surface area contributed by atoms with E-state index < -0.39 is 0 Å².